The zero-order valence-electron chi connectivity index (χ0n) is 11.2. The highest BCUT2D eigenvalue weighted by Crippen LogP contribution is 2.32. The van der Waals surface area contributed by atoms with Crippen LogP contribution in [0.25, 0.3) is 0 Å². The summed E-state index contributed by atoms with van der Waals surface area (Å²) in [6, 6.07) is 7.39. The van der Waals surface area contributed by atoms with E-state index in [1.165, 1.54) is 11.8 Å². The molecule has 0 aromatic heterocycles. The minimum atomic E-state index is -3.37. The average Bonchev–Trinajstić information content (AvgIpc) is 2.36. The molecule has 1 fully saturated rings. The number of hydrogen-bond acceptors (Lipinski definition) is 5. The second-order valence-corrected chi connectivity index (χ2v) is 8.08. The van der Waals surface area contributed by atoms with Gasteiger partial charge >= 0.3 is 0 Å². The lowest BCUT2D eigenvalue weighted by Crippen LogP contribution is -2.56. The lowest BCUT2D eigenvalue weighted by molar-refractivity contribution is 0.111. The predicted molar refractivity (Wildman–Crippen MR) is 82.2 cm³/mol. The summed E-state index contributed by atoms with van der Waals surface area (Å²) in [6.45, 7) is -0.134. The van der Waals surface area contributed by atoms with Gasteiger partial charge in [0.25, 0.3) is 0 Å². The molecule has 2 rings (SSSR count). The van der Waals surface area contributed by atoms with Crippen molar-refractivity contribution in [3.05, 3.63) is 24.3 Å². The molecule has 1 saturated carbocycles. The number of hydrogen-bond donors (Lipinski definition) is 3. The Morgan fingerprint density at radius 2 is 2.05 bits per heavy atom. The summed E-state index contributed by atoms with van der Waals surface area (Å²) in [6.07, 6.45) is 2.38. The number of aliphatic hydroxyl groups excluding tert-OH is 1. The number of para-hydroxylation sites is 1. The van der Waals surface area contributed by atoms with E-state index in [1.54, 1.807) is 6.07 Å². The first-order valence-corrected chi connectivity index (χ1v) is 9.20. The van der Waals surface area contributed by atoms with Gasteiger partial charge in [-0.3, -0.25) is 0 Å². The summed E-state index contributed by atoms with van der Waals surface area (Å²) in [5, 5.41) is 9.29. The molecule has 20 heavy (non-hydrogen) atoms. The first kappa shape index (κ1) is 15.6. The van der Waals surface area contributed by atoms with Crippen molar-refractivity contribution in [3.63, 3.8) is 0 Å². The van der Waals surface area contributed by atoms with Crippen LogP contribution in [-0.2, 0) is 10.0 Å². The highest BCUT2D eigenvalue weighted by atomic mass is 32.2. The van der Waals surface area contributed by atoms with Gasteiger partial charge in [-0.05, 0) is 31.4 Å². The molecule has 112 valence electrons. The first-order valence-electron chi connectivity index (χ1n) is 6.56. The van der Waals surface area contributed by atoms with Crippen LogP contribution in [0.2, 0.25) is 0 Å². The number of nitrogens with two attached hydrogens (primary N) is 1. The third-order valence-electron chi connectivity index (χ3n) is 3.51. The molecule has 0 unspecified atom stereocenters. The number of sulfonamides is 1. The number of anilines is 1. The Morgan fingerprint density at radius 1 is 1.35 bits per heavy atom. The van der Waals surface area contributed by atoms with E-state index in [0.717, 1.165) is 11.3 Å². The van der Waals surface area contributed by atoms with Gasteiger partial charge in [0, 0.05) is 16.3 Å². The van der Waals surface area contributed by atoms with E-state index in [-0.39, 0.29) is 12.4 Å². The van der Waals surface area contributed by atoms with Crippen molar-refractivity contribution in [3.8, 4) is 0 Å². The van der Waals surface area contributed by atoms with E-state index >= 15 is 0 Å². The van der Waals surface area contributed by atoms with E-state index in [9.17, 15) is 13.5 Å². The molecule has 5 nitrogen and oxygen atoms in total. The van der Waals surface area contributed by atoms with Gasteiger partial charge < -0.3 is 10.8 Å². The quantitative estimate of drug-likeness (QED) is 0.519. The standard InChI is InChI=1S/C13H20N2O3S2/c14-11-4-1-2-5-12(11)19-8-9-20(17,18)15-13(10-16)6-3-7-13/h1-2,4-5,15-16H,3,6-10,14H2. The molecule has 0 aliphatic heterocycles. The molecule has 0 saturated heterocycles. The molecule has 1 aliphatic carbocycles. The van der Waals surface area contributed by atoms with Crippen LogP contribution in [0, 0.1) is 0 Å². The fourth-order valence-corrected chi connectivity index (χ4v) is 5.02. The van der Waals surface area contributed by atoms with Gasteiger partial charge in [-0.2, -0.15) is 0 Å². The average molecular weight is 316 g/mol. The molecule has 0 amide bonds. The minimum Gasteiger partial charge on any atom is -0.398 e. The van der Waals surface area contributed by atoms with Crippen molar-refractivity contribution in [1.82, 2.24) is 4.72 Å². The molecular formula is C13H20N2O3S2. The first-order chi connectivity index (χ1) is 9.46. The van der Waals surface area contributed by atoms with Crippen LogP contribution >= 0.6 is 11.8 Å². The van der Waals surface area contributed by atoms with Crippen LogP contribution in [0.3, 0.4) is 0 Å². The van der Waals surface area contributed by atoms with Gasteiger partial charge in [0.2, 0.25) is 10.0 Å². The molecule has 7 heteroatoms. The summed E-state index contributed by atoms with van der Waals surface area (Å²) < 4.78 is 26.6. The molecule has 0 spiro atoms. The molecule has 0 bridgehead atoms. The maximum atomic E-state index is 12.0. The summed E-state index contributed by atoms with van der Waals surface area (Å²) >= 11 is 1.43. The number of rotatable bonds is 7. The monoisotopic (exact) mass is 316 g/mol. The van der Waals surface area contributed by atoms with Crippen molar-refractivity contribution in [2.24, 2.45) is 0 Å². The Labute approximate surface area is 124 Å². The van der Waals surface area contributed by atoms with Crippen LogP contribution in [0.4, 0.5) is 5.69 Å². The molecule has 1 aliphatic rings. The molecule has 0 atom stereocenters. The molecule has 0 radical (unpaired) electrons. The largest absolute Gasteiger partial charge is 0.398 e. The highest BCUT2D eigenvalue weighted by molar-refractivity contribution is 8.00. The summed E-state index contributed by atoms with van der Waals surface area (Å²) in [5.41, 5.74) is 5.85. The number of benzene rings is 1. The van der Waals surface area contributed by atoms with E-state index in [1.807, 2.05) is 18.2 Å². The van der Waals surface area contributed by atoms with Crippen molar-refractivity contribution in [2.45, 2.75) is 29.7 Å². The third kappa shape index (κ3) is 3.88. The smallest absolute Gasteiger partial charge is 0.213 e. The van der Waals surface area contributed by atoms with Gasteiger partial charge in [-0.25, -0.2) is 13.1 Å². The van der Waals surface area contributed by atoms with Crippen molar-refractivity contribution >= 4 is 27.5 Å². The zero-order chi connectivity index (χ0) is 14.6. The number of nitrogens with one attached hydrogen (secondary N) is 1. The fourth-order valence-electron chi connectivity index (χ4n) is 2.15. The topological polar surface area (TPSA) is 92.4 Å². The predicted octanol–water partition coefficient (Wildman–Crippen LogP) is 1.20. The van der Waals surface area contributed by atoms with E-state index < -0.39 is 15.6 Å². The van der Waals surface area contributed by atoms with Crippen LogP contribution in [0.15, 0.2) is 29.2 Å². The fraction of sp³-hybridized carbons (Fsp3) is 0.538. The lowest BCUT2D eigenvalue weighted by atomic mass is 9.78. The van der Waals surface area contributed by atoms with E-state index in [4.69, 9.17) is 5.73 Å². The second-order valence-electron chi connectivity index (χ2n) is 5.10. The Bertz CT molecular complexity index is 551. The van der Waals surface area contributed by atoms with Gasteiger partial charge in [-0.15, -0.1) is 11.8 Å². The van der Waals surface area contributed by atoms with E-state index in [0.29, 0.717) is 24.3 Å². The summed E-state index contributed by atoms with van der Waals surface area (Å²) in [7, 11) is -3.37. The Balaban J connectivity index is 1.85. The maximum absolute atomic E-state index is 12.0. The number of nitrogen functional groups attached to an aromatic ring is 1. The van der Waals surface area contributed by atoms with Crippen LogP contribution in [-0.4, -0.2) is 37.2 Å². The van der Waals surface area contributed by atoms with Crippen LogP contribution in [0.5, 0.6) is 0 Å². The van der Waals surface area contributed by atoms with Crippen LogP contribution < -0.4 is 10.5 Å². The molecule has 4 N–H and O–H groups in total. The Kier molecular flexibility index (Phi) is 4.95. The van der Waals surface area contributed by atoms with Crippen molar-refractivity contribution < 1.29 is 13.5 Å². The zero-order valence-corrected chi connectivity index (χ0v) is 12.8. The second kappa shape index (κ2) is 6.34. The van der Waals surface area contributed by atoms with Crippen molar-refractivity contribution in [1.29, 1.82) is 0 Å². The lowest BCUT2D eigenvalue weighted by Gasteiger charge is -2.40. The van der Waals surface area contributed by atoms with Crippen molar-refractivity contribution in [2.75, 3.05) is 23.8 Å². The maximum Gasteiger partial charge on any atom is 0.213 e. The van der Waals surface area contributed by atoms with E-state index in [2.05, 4.69) is 4.72 Å². The van der Waals surface area contributed by atoms with Gasteiger partial charge in [0.1, 0.15) is 0 Å². The van der Waals surface area contributed by atoms with Crippen LogP contribution in [0.1, 0.15) is 19.3 Å². The molecular weight excluding hydrogens is 296 g/mol. The van der Waals surface area contributed by atoms with Gasteiger partial charge in [0.15, 0.2) is 0 Å². The Morgan fingerprint density at radius 3 is 2.60 bits per heavy atom. The Hall–Kier alpha value is -0.760. The SMILES string of the molecule is Nc1ccccc1SCCS(=O)(=O)NC1(CO)CCC1. The van der Waals surface area contributed by atoms with Gasteiger partial charge in [-0.1, -0.05) is 12.1 Å². The summed E-state index contributed by atoms with van der Waals surface area (Å²) in [4.78, 5) is 0.892. The van der Waals surface area contributed by atoms with Gasteiger partial charge in [0.05, 0.1) is 17.9 Å². The number of aliphatic hydroxyl groups is 1. The molecule has 0 heterocycles. The third-order valence-corrected chi connectivity index (χ3v) is 6.35. The summed E-state index contributed by atoms with van der Waals surface area (Å²) in [5.74, 6) is 0.457. The highest BCUT2D eigenvalue weighted by Gasteiger charge is 2.39. The molecule has 1 aromatic rings. The normalized spacial score (nSPS) is 17.6. The molecule has 1 aromatic carbocycles. The minimum absolute atomic E-state index is 0.0216. The number of thioether (sulfide) groups is 1.